The molecule has 2 atom stereocenters. The smallest absolute Gasteiger partial charge is 0.303 e. The van der Waals surface area contributed by atoms with Crippen molar-refractivity contribution in [1.29, 1.82) is 0 Å². The molecular formula is C12H15NO4. The lowest BCUT2D eigenvalue weighted by atomic mass is 9.85. The van der Waals surface area contributed by atoms with Crippen molar-refractivity contribution in [3.63, 3.8) is 0 Å². The molecule has 0 aromatic heterocycles. The van der Waals surface area contributed by atoms with Crippen molar-refractivity contribution in [3.8, 4) is 0 Å². The number of aliphatic carboxylic acids is 1. The number of carbonyl (C=O) groups excluding carboxylic acids is 2. The third-order valence-corrected chi connectivity index (χ3v) is 3.37. The summed E-state index contributed by atoms with van der Waals surface area (Å²) in [7, 11) is 0. The first-order chi connectivity index (χ1) is 8.11. The number of hydrogen-bond acceptors (Lipinski definition) is 3. The van der Waals surface area contributed by atoms with Gasteiger partial charge in [-0.3, -0.25) is 19.3 Å². The zero-order chi connectivity index (χ0) is 12.4. The summed E-state index contributed by atoms with van der Waals surface area (Å²) in [5, 5.41) is 8.53. The summed E-state index contributed by atoms with van der Waals surface area (Å²) in [6.07, 6.45) is 5.46. The minimum atomic E-state index is -0.900. The fourth-order valence-corrected chi connectivity index (χ4v) is 2.48. The number of imide groups is 1. The van der Waals surface area contributed by atoms with E-state index in [2.05, 4.69) is 0 Å². The molecule has 2 rings (SSSR count). The Balaban J connectivity index is 1.98. The van der Waals surface area contributed by atoms with Crippen molar-refractivity contribution in [2.75, 3.05) is 6.54 Å². The van der Waals surface area contributed by atoms with Crippen LogP contribution in [0, 0.1) is 11.8 Å². The highest BCUT2D eigenvalue weighted by molar-refractivity contribution is 6.05. The summed E-state index contributed by atoms with van der Waals surface area (Å²) in [6, 6.07) is 0. The number of fused-ring (bicyclic) bond motifs is 1. The maximum atomic E-state index is 11.9. The molecule has 1 heterocycles. The van der Waals surface area contributed by atoms with Gasteiger partial charge in [-0.25, -0.2) is 0 Å². The van der Waals surface area contributed by atoms with Gasteiger partial charge in [0.25, 0.3) is 0 Å². The maximum Gasteiger partial charge on any atom is 0.303 e. The highest BCUT2D eigenvalue weighted by Crippen LogP contribution is 2.34. The number of carboxylic acids is 1. The second-order valence-electron chi connectivity index (χ2n) is 4.48. The molecule has 92 valence electrons. The molecule has 5 nitrogen and oxygen atoms in total. The number of carbonyl (C=O) groups is 3. The molecule has 1 aliphatic heterocycles. The van der Waals surface area contributed by atoms with Crippen LogP contribution >= 0.6 is 0 Å². The molecule has 2 unspecified atom stereocenters. The molecule has 5 heteroatoms. The highest BCUT2D eigenvalue weighted by Gasteiger charge is 2.46. The quantitative estimate of drug-likeness (QED) is 0.579. The van der Waals surface area contributed by atoms with E-state index in [-0.39, 0.29) is 36.6 Å². The first-order valence-electron chi connectivity index (χ1n) is 5.83. The van der Waals surface area contributed by atoms with E-state index in [1.807, 2.05) is 12.2 Å². The van der Waals surface area contributed by atoms with E-state index in [9.17, 15) is 14.4 Å². The molecule has 1 fully saturated rings. The molecule has 0 radical (unpaired) electrons. The Morgan fingerprint density at radius 2 is 1.76 bits per heavy atom. The van der Waals surface area contributed by atoms with Crippen molar-refractivity contribution in [2.45, 2.75) is 25.7 Å². The fourth-order valence-electron chi connectivity index (χ4n) is 2.48. The van der Waals surface area contributed by atoms with Crippen LogP contribution < -0.4 is 0 Å². The molecule has 0 spiro atoms. The Hall–Kier alpha value is -1.65. The van der Waals surface area contributed by atoms with Gasteiger partial charge >= 0.3 is 5.97 Å². The van der Waals surface area contributed by atoms with Crippen LogP contribution in [0.4, 0.5) is 0 Å². The number of hydrogen-bond donors (Lipinski definition) is 1. The highest BCUT2D eigenvalue weighted by atomic mass is 16.4. The molecule has 17 heavy (non-hydrogen) atoms. The van der Waals surface area contributed by atoms with Crippen LogP contribution in [0.3, 0.4) is 0 Å². The molecule has 0 saturated carbocycles. The average Bonchev–Trinajstić information content (AvgIpc) is 2.54. The van der Waals surface area contributed by atoms with Gasteiger partial charge in [0.05, 0.1) is 11.8 Å². The number of rotatable bonds is 4. The van der Waals surface area contributed by atoms with E-state index in [1.54, 1.807) is 0 Å². The normalized spacial score (nSPS) is 27.4. The van der Waals surface area contributed by atoms with E-state index < -0.39 is 5.97 Å². The van der Waals surface area contributed by atoms with Gasteiger partial charge in [-0.2, -0.15) is 0 Å². The van der Waals surface area contributed by atoms with Gasteiger partial charge in [-0.15, -0.1) is 0 Å². The van der Waals surface area contributed by atoms with E-state index in [0.717, 1.165) is 0 Å². The first kappa shape index (κ1) is 11.8. The number of carboxylic acid groups (broad SMARTS) is 1. The third kappa shape index (κ3) is 2.23. The Labute approximate surface area is 99.1 Å². The minimum Gasteiger partial charge on any atom is -0.481 e. The molecule has 1 saturated heterocycles. The van der Waals surface area contributed by atoms with Crippen LogP contribution in [0.25, 0.3) is 0 Å². The lowest BCUT2D eigenvalue weighted by Crippen LogP contribution is -2.32. The number of allylic oxidation sites excluding steroid dienone is 2. The summed E-state index contributed by atoms with van der Waals surface area (Å²) in [4.78, 5) is 35.5. The van der Waals surface area contributed by atoms with Crippen LogP contribution in [-0.2, 0) is 14.4 Å². The summed E-state index contributed by atoms with van der Waals surface area (Å²) in [5.41, 5.74) is 0. The van der Waals surface area contributed by atoms with Crippen LogP contribution in [0.5, 0.6) is 0 Å². The second-order valence-corrected chi connectivity index (χ2v) is 4.48. The molecular weight excluding hydrogens is 222 g/mol. The summed E-state index contributed by atoms with van der Waals surface area (Å²) in [5.74, 6) is -1.58. The lowest BCUT2D eigenvalue weighted by Gasteiger charge is -2.14. The Kier molecular flexibility index (Phi) is 3.26. The Bertz CT molecular complexity index is 362. The van der Waals surface area contributed by atoms with Crippen molar-refractivity contribution in [2.24, 2.45) is 11.8 Å². The van der Waals surface area contributed by atoms with Crippen LogP contribution in [-0.4, -0.2) is 34.3 Å². The van der Waals surface area contributed by atoms with Gasteiger partial charge < -0.3 is 5.11 Å². The number of amides is 2. The van der Waals surface area contributed by atoms with Crippen molar-refractivity contribution in [3.05, 3.63) is 12.2 Å². The van der Waals surface area contributed by atoms with Gasteiger partial charge in [-0.05, 0) is 19.3 Å². The number of nitrogens with zero attached hydrogens (tertiary/aromatic N) is 1. The van der Waals surface area contributed by atoms with Gasteiger partial charge in [0.1, 0.15) is 0 Å². The van der Waals surface area contributed by atoms with E-state index in [0.29, 0.717) is 19.3 Å². The van der Waals surface area contributed by atoms with Crippen molar-refractivity contribution >= 4 is 17.8 Å². The summed E-state index contributed by atoms with van der Waals surface area (Å²) >= 11 is 0. The van der Waals surface area contributed by atoms with Crippen LogP contribution in [0.15, 0.2) is 12.2 Å². The van der Waals surface area contributed by atoms with Crippen LogP contribution in [0.1, 0.15) is 25.7 Å². The summed E-state index contributed by atoms with van der Waals surface area (Å²) in [6.45, 7) is 0.233. The standard InChI is InChI=1S/C12H15NO4/c14-10(15)6-3-7-13-11(16)8-4-1-2-5-9(8)12(13)17/h1-2,8-9H,3-7H2,(H,14,15). The van der Waals surface area contributed by atoms with Gasteiger partial charge in [-0.1, -0.05) is 12.2 Å². The third-order valence-electron chi connectivity index (χ3n) is 3.37. The Morgan fingerprint density at radius 1 is 1.24 bits per heavy atom. The van der Waals surface area contributed by atoms with Crippen molar-refractivity contribution in [1.82, 2.24) is 4.90 Å². The SMILES string of the molecule is O=C(O)CCCN1C(=O)C2CC=CCC2C1=O. The fraction of sp³-hybridized carbons (Fsp3) is 0.583. The largest absolute Gasteiger partial charge is 0.481 e. The zero-order valence-electron chi connectivity index (χ0n) is 9.46. The number of likely N-dealkylation sites (tertiary alicyclic amines) is 1. The first-order valence-corrected chi connectivity index (χ1v) is 5.83. The van der Waals surface area contributed by atoms with E-state index >= 15 is 0 Å². The molecule has 0 aromatic carbocycles. The minimum absolute atomic E-state index is 0.00928. The van der Waals surface area contributed by atoms with Gasteiger partial charge in [0.2, 0.25) is 11.8 Å². The topological polar surface area (TPSA) is 74.7 Å². The molecule has 0 bridgehead atoms. The monoisotopic (exact) mass is 237 g/mol. The Morgan fingerprint density at radius 3 is 2.24 bits per heavy atom. The predicted molar refractivity (Wildman–Crippen MR) is 58.9 cm³/mol. The van der Waals surface area contributed by atoms with Gasteiger partial charge in [0, 0.05) is 13.0 Å². The second kappa shape index (κ2) is 4.69. The van der Waals surface area contributed by atoms with Crippen molar-refractivity contribution < 1.29 is 19.5 Å². The molecule has 2 aliphatic rings. The van der Waals surface area contributed by atoms with Crippen LogP contribution in [0.2, 0.25) is 0 Å². The molecule has 0 aromatic rings. The summed E-state index contributed by atoms with van der Waals surface area (Å²) < 4.78 is 0. The zero-order valence-corrected chi connectivity index (χ0v) is 9.46. The lowest BCUT2D eigenvalue weighted by molar-refractivity contribution is -0.142. The van der Waals surface area contributed by atoms with E-state index in [1.165, 1.54) is 4.90 Å². The maximum absolute atomic E-state index is 11.9. The average molecular weight is 237 g/mol. The molecule has 2 amide bonds. The van der Waals surface area contributed by atoms with Gasteiger partial charge in [0.15, 0.2) is 0 Å². The van der Waals surface area contributed by atoms with E-state index in [4.69, 9.17) is 5.11 Å². The molecule has 1 aliphatic carbocycles. The predicted octanol–water partition coefficient (Wildman–Crippen LogP) is 0.802. The molecule has 1 N–H and O–H groups in total.